The van der Waals surface area contributed by atoms with Crippen molar-refractivity contribution in [2.45, 2.75) is 57.7 Å². The Morgan fingerprint density at radius 2 is 2.25 bits per heavy atom. The first-order valence-electron chi connectivity index (χ1n) is 7.60. The zero-order chi connectivity index (χ0) is 13.8. The van der Waals surface area contributed by atoms with E-state index in [0.29, 0.717) is 12.1 Å². The van der Waals surface area contributed by atoms with Gasteiger partial charge in [-0.05, 0) is 54.6 Å². The van der Waals surface area contributed by atoms with Gasteiger partial charge in [-0.25, -0.2) is 0 Å². The van der Waals surface area contributed by atoms with E-state index in [4.69, 9.17) is 5.10 Å². The maximum Gasteiger partial charge on any atom is 0.0762 e. The number of aromatic nitrogens is 2. The molecule has 0 aliphatic heterocycles. The van der Waals surface area contributed by atoms with E-state index in [0.717, 1.165) is 18.7 Å². The summed E-state index contributed by atoms with van der Waals surface area (Å²) in [4.78, 5) is 0. The minimum absolute atomic E-state index is 0.487. The van der Waals surface area contributed by atoms with Crippen LogP contribution in [0.5, 0.6) is 0 Å². The van der Waals surface area contributed by atoms with E-state index >= 15 is 0 Å². The van der Waals surface area contributed by atoms with E-state index in [1.807, 2.05) is 0 Å². The third-order valence-electron chi connectivity index (χ3n) is 4.12. The van der Waals surface area contributed by atoms with Gasteiger partial charge in [-0.2, -0.15) is 16.4 Å². The molecular weight excluding hydrogens is 266 g/mol. The molecule has 0 bridgehead atoms. The van der Waals surface area contributed by atoms with Gasteiger partial charge in [-0.15, -0.1) is 0 Å². The number of rotatable bonds is 6. The summed E-state index contributed by atoms with van der Waals surface area (Å²) in [5, 5.41) is 12.7. The molecule has 1 saturated carbocycles. The molecule has 0 saturated heterocycles. The van der Waals surface area contributed by atoms with Crippen molar-refractivity contribution >= 4 is 11.3 Å². The topological polar surface area (TPSA) is 29.9 Å². The van der Waals surface area contributed by atoms with Crippen LogP contribution in [0, 0.1) is 0 Å². The summed E-state index contributed by atoms with van der Waals surface area (Å²) in [5.74, 6) is 0. The Labute approximate surface area is 125 Å². The van der Waals surface area contributed by atoms with Crippen molar-refractivity contribution < 1.29 is 0 Å². The van der Waals surface area contributed by atoms with E-state index in [-0.39, 0.29) is 0 Å². The molecule has 3 nitrogen and oxygen atoms in total. The summed E-state index contributed by atoms with van der Waals surface area (Å²) in [6.07, 6.45) is 8.54. The Balaban J connectivity index is 1.48. The minimum atomic E-state index is 0.487. The summed E-state index contributed by atoms with van der Waals surface area (Å²) in [6, 6.07) is 5.49. The van der Waals surface area contributed by atoms with Crippen LogP contribution in [-0.2, 0) is 13.0 Å². The molecule has 1 fully saturated rings. The molecule has 1 unspecified atom stereocenters. The summed E-state index contributed by atoms with van der Waals surface area (Å²) in [7, 11) is 0. The van der Waals surface area contributed by atoms with Crippen molar-refractivity contribution in [1.82, 2.24) is 15.1 Å². The van der Waals surface area contributed by atoms with Crippen molar-refractivity contribution in [2.75, 3.05) is 0 Å². The van der Waals surface area contributed by atoms with Gasteiger partial charge in [0.15, 0.2) is 0 Å². The van der Waals surface area contributed by atoms with Gasteiger partial charge in [0.2, 0.25) is 0 Å². The Hall–Kier alpha value is -1.13. The largest absolute Gasteiger partial charge is 0.308 e. The van der Waals surface area contributed by atoms with Gasteiger partial charge in [0.25, 0.3) is 0 Å². The molecular formula is C16H23N3S. The highest BCUT2D eigenvalue weighted by Gasteiger charge is 2.17. The highest BCUT2D eigenvalue weighted by atomic mass is 32.1. The zero-order valence-corrected chi connectivity index (χ0v) is 12.9. The molecule has 1 aliphatic rings. The van der Waals surface area contributed by atoms with E-state index < -0.39 is 0 Å². The second-order valence-electron chi connectivity index (χ2n) is 5.84. The molecule has 1 aliphatic carbocycles. The molecule has 2 aromatic heterocycles. The van der Waals surface area contributed by atoms with Crippen LogP contribution in [0.1, 0.15) is 49.9 Å². The van der Waals surface area contributed by atoms with Gasteiger partial charge in [0.1, 0.15) is 0 Å². The van der Waals surface area contributed by atoms with Crippen molar-refractivity contribution in [2.24, 2.45) is 0 Å². The molecule has 0 radical (unpaired) electrons. The Bertz CT molecular complexity index is 512. The maximum atomic E-state index is 4.72. The fraction of sp³-hybridized carbons (Fsp3) is 0.562. The maximum absolute atomic E-state index is 4.72. The lowest BCUT2D eigenvalue weighted by Gasteiger charge is -2.12. The normalized spacial score (nSPS) is 17.6. The van der Waals surface area contributed by atoms with Crippen LogP contribution in [0.3, 0.4) is 0 Å². The zero-order valence-electron chi connectivity index (χ0n) is 12.1. The molecule has 3 rings (SSSR count). The van der Waals surface area contributed by atoms with Crippen LogP contribution < -0.4 is 5.32 Å². The number of nitrogens with one attached hydrogen (secondary N) is 1. The molecule has 1 atom stereocenters. The first-order chi connectivity index (χ1) is 9.81. The molecule has 108 valence electrons. The molecule has 1 N–H and O–H groups in total. The number of nitrogens with zero attached hydrogens (tertiary/aromatic N) is 2. The molecule has 2 aromatic rings. The van der Waals surface area contributed by atoms with Gasteiger partial charge >= 0.3 is 0 Å². The smallest absolute Gasteiger partial charge is 0.0762 e. The SMILES string of the molecule is CC(Cc1ccsc1)NCc1ccn(C2CCCC2)n1. The second kappa shape index (κ2) is 6.55. The highest BCUT2D eigenvalue weighted by Crippen LogP contribution is 2.28. The van der Waals surface area contributed by atoms with Crippen molar-refractivity contribution in [3.8, 4) is 0 Å². The van der Waals surface area contributed by atoms with E-state index in [2.05, 4.69) is 46.0 Å². The Morgan fingerprint density at radius 3 is 3.00 bits per heavy atom. The lowest BCUT2D eigenvalue weighted by Crippen LogP contribution is -2.27. The summed E-state index contributed by atoms with van der Waals surface area (Å²) < 4.78 is 2.17. The van der Waals surface area contributed by atoms with Gasteiger partial charge in [-0.3, -0.25) is 4.68 Å². The Morgan fingerprint density at radius 1 is 1.40 bits per heavy atom. The van der Waals surface area contributed by atoms with Crippen LogP contribution in [0.4, 0.5) is 0 Å². The van der Waals surface area contributed by atoms with E-state index in [1.54, 1.807) is 11.3 Å². The van der Waals surface area contributed by atoms with Crippen molar-refractivity contribution in [3.05, 3.63) is 40.3 Å². The van der Waals surface area contributed by atoms with Gasteiger partial charge < -0.3 is 5.32 Å². The van der Waals surface area contributed by atoms with Gasteiger partial charge in [0.05, 0.1) is 11.7 Å². The summed E-state index contributed by atoms with van der Waals surface area (Å²) >= 11 is 1.77. The van der Waals surface area contributed by atoms with Gasteiger partial charge in [0, 0.05) is 18.8 Å². The number of hydrogen-bond donors (Lipinski definition) is 1. The van der Waals surface area contributed by atoms with E-state index in [1.165, 1.54) is 31.2 Å². The monoisotopic (exact) mass is 289 g/mol. The predicted octanol–water partition coefficient (Wildman–Crippen LogP) is 3.78. The number of hydrogen-bond acceptors (Lipinski definition) is 3. The fourth-order valence-corrected chi connectivity index (χ4v) is 3.64. The van der Waals surface area contributed by atoms with Crippen molar-refractivity contribution in [1.29, 1.82) is 0 Å². The third-order valence-corrected chi connectivity index (χ3v) is 4.85. The first-order valence-corrected chi connectivity index (χ1v) is 8.54. The first kappa shape index (κ1) is 13.8. The molecule has 2 heterocycles. The van der Waals surface area contributed by atoms with Crippen LogP contribution in [-0.4, -0.2) is 15.8 Å². The van der Waals surface area contributed by atoms with Crippen LogP contribution in [0.2, 0.25) is 0 Å². The van der Waals surface area contributed by atoms with Crippen LogP contribution in [0.25, 0.3) is 0 Å². The minimum Gasteiger partial charge on any atom is -0.308 e. The molecule has 0 amide bonds. The average molecular weight is 289 g/mol. The van der Waals surface area contributed by atoms with Crippen molar-refractivity contribution in [3.63, 3.8) is 0 Å². The summed E-state index contributed by atoms with van der Waals surface area (Å²) in [5.41, 5.74) is 2.58. The lowest BCUT2D eigenvalue weighted by molar-refractivity contribution is 0.457. The molecule has 0 spiro atoms. The van der Waals surface area contributed by atoms with E-state index in [9.17, 15) is 0 Å². The average Bonchev–Trinajstić information content (AvgIpc) is 3.18. The molecule has 0 aromatic carbocycles. The lowest BCUT2D eigenvalue weighted by atomic mass is 10.1. The van der Waals surface area contributed by atoms with Crippen LogP contribution >= 0.6 is 11.3 Å². The van der Waals surface area contributed by atoms with Gasteiger partial charge in [-0.1, -0.05) is 12.8 Å². The highest BCUT2D eigenvalue weighted by molar-refractivity contribution is 7.07. The standard InChI is InChI=1S/C16H23N3S/c1-13(10-14-7-9-20-12-14)17-11-15-6-8-19(18-15)16-4-2-3-5-16/h6-9,12-13,16-17H,2-5,10-11H2,1H3. The van der Waals surface area contributed by atoms with Crippen LogP contribution in [0.15, 0.2) is 29.1 Å². The predicted molar refractivity (Wildman–Crippen MR) is 84.1 cm³/mol. The quantitative estimate of drug-likeness (QED) is 0.877. The number of thiophene rings is 1. The molecule has 20 heavy (non-hydrogen) atoms. The second-order valence-corrected chi connectivity index (χ2v) is 6.62. The fourth-order valence-electron chi connectivity index (χ4n) is 2.96. The molecule has 4 heteroatoms. The summed E-state index contributed by atoms with van der Waals surface area (Å²) in [6.45, 7) is 3.11. The Kier molecular flexibility index (Phi) is 4.53. The third kappa shape index (κ3) is 3.49.